The van der Waals surface area contributed by atoms with Gasteiger partial charge in [-0.25, -0.2) is 4.39 Å². The molecule has 0 saturated heterocycles. The Kier molecular flexibility index (Phi) is 3.85. The standard InChI is InChI=1S/C12H7ClF4OS/c13-9-1-2-19-11(9)10(18)6-3-7(12(15,16)17)5-8(14)4-6/h1-5,10,18H. The molecule has 0 aliphatic heterocycles. The molecule has 2 aromatic rings. The Labute approximate surface area is 115 Å². The predicted molar refractivity (Wildman–Crippen MR) is 64.8 cm³/mol. The van der Waals surface area contributed by atoms with Crippen LogP contribution >= 0.6 is 22.9 Å². The van der Waals surface area contributed by atoms with Gasteiger partial charge in [-0.3, -0.25) is 0 Å². The number of halogens is 5. The van der Waals surface area contributed by atoms with Gasteiger partial charge in [-0.15, -0.1) is 11.3 Å². The van der Waals surface area contributed by atoms with Gasteiger partial charge in [-0.1, -0.05) is 11.6 Å². The molecule has 1 nitrogen and oxygen atoms in total. The highest BCUT2D eigenvalue weighted by Gasteiger charge is 2.32. The lowest BCUT2D eigenvalue weighted by molar-refractivity contribution is -0.137. The molecule has 0 spiro atoms. The van der Waals surface area contributed by atoms with Gasteiger partial charge in [-0.05, 0) is 35.2 Å². The summed E-state index contributed by atoms with van der Waals surface area (Å²) in [5.41, 5.74) is -1.33. The van der Waals surface area contributed by atoms with Gasteiger partial charge in [0.1, 0.15) is 11.9 Å². The molecule has 1 atom stereocenters. The molecule has 2 rings (SSSR count). The Balaban J connectivity index is 2.46. The fourth-order valence-corrected chi connectivity index (χ4v) is 2.76. The second kappa shape index (κ2) is 5.11. The first kappa shape index (κ1) is 14.3. The molecule has 0 saturated carbocycles. The van der Waals surface area contributed by atoms with Crippen LogP contribution in [0.2, 0.25) is 5.02 Å². The molecule has 1 heterocycles. The minimum Gasteiger partial charge on any atom is -0.383 e. The molecule has 7 heteroatoms. The van der Waals surface area contributed by atoms with Gasteiger partial charge in [0, 0.05) is 0 Å². The highest BCUT2D eigenvalue weighted by atomic mass is 35.5. The van der Waals surface area contributed by atoms with E-state index in [2.05, 4.69) is 0 Å². The lowest BCUT2D eigenvalue weighted by atomic mass is 10.0. The summed E-state index contributed by atoms with van der Waals surface area (Å²) in [5, 5.41) is 11.8. The van der Waals surface area contributed by atoms with E-state index in [1.807, 2.05) is 0 Å². The van der Waals surface area contributed by atoms with Crippen molar-refractivity contribution in [1.29, 1.82) is 0 Å². The minimum absolute atomic E-state index is 0.184. The first-order chi connectivity index (χ1) is 8.79. The maximum absolute atomic E-state index is 13.2. The summed E-state index contributed by atoms with van der Waals surface area (Å²) >= 11 is 6.87. The number of aliphatic hydroxyl groups is 1. The summed E-state index contributed by atoms with van der Waals surface area (Å²) in [7, 11) is 0. The van der Waals surface area contributed by atoms with E-state index in [1.165, 1.54) is 6.07 Å². The van der Waals surface area contributed by atoms with Gasteiger partial charge >= 0.3 is 6.18 Å². The van der Waals surface area contributed by atoms with Crippen LogP contribution in [0.4, 0.5) is 17.6 Å². The quantitative estimate of drug-likeness (QED) is 0.801. The molecule has 102 valence electrons. The van der Waals surface area contributed by atoms with E-state index in [1.54, 1.807) is 5.38 Å². The van der Waals surface area contributed by atoms with E-state index in [0.717, 1.165) is 17.4 Å². The van der Waals surface area contributed by atoms with Crippen LogP contribution in [0.3, 0.4) is 0 Å². The fourth-order valence-electron chi connectivity index (χ4n) is 1.59. The van der Waals surface area contributed by atoms with Crippen LogP contribution < -0.4 is 0 Å². The second-order valence-electron chi connectivity index (χ2n) is 3.81. The maximum Gasteiger partial charge on any atom is 0.416 e. The third kappa shape index (κ3) is 3.08. The smallest absolute Gasteiger partial charge is 0.383 e. The number of rotatable bonds is 2. The molecule has 0 radical (unpaired) electrons. The highest BCUT2D eigenvalue weighted by Crippen LogP contribution is 2.36. The Morgan fingerprint density at radius 1 is 1.21 bits per heavy atom. The molecule has 0 aliphatic carbocycles. The summed E-state index contributed by atoms with van der Waals surface area (Å²) < 4.78 is 50.9. The van der Waals surface area contributed by atoms with Gasteiger partial charge in [0.2, 0.25) is 0 Å². The number of thiophene rings is 1. The average Bonchev–Trinajstić information content (AvgIpc) is 2.72. The van der Waals surface area contributed by atoms with Crippen molar-refractivity contribution in [1.82, 2.24) is 0 Å². The van der Waals surface area contributed by atoms with E-state index in [9.17, 15) is 22.7 Å². The normalized spacial score (nSPS) is 13.6. The predicted octanol–water partition coefficient (Wildman–Crippen LogP) is 4.64. The molecule has 1 N–H and O–H groups in total. The molecule has 19 heavy (non-hydrogen) atoms. The fraction of sp³-hybridized carbons (Fsp3) is 0.167. The van der Waals surface area contributed by atoms with Crippen LogP contribution in [0.15, 0.2) is 29.6 Å². The topological polar surface area (TPSA) is 20.2 Å². The molecule has 0 fully saturated rings. The molecule has 0 bridgehead atoms. The van der Waals surface area contributed by atoms with Crippen LogP contribution in [0.5, 0.6) is 0 Å². The lowest BCUT2D eigenvalue weighted by Gasteiger charge is -2.13. The highest BCUT2D eigenvalue weighted by molar-refractivity contribution is 7.10. The van der Waals surface area contributed by atoms with Crippen molar-refractivity contribution in [3.05, 3.63) is 56.5 Å². The Bertz CT molecular complexity index is 594. The van der Waals surface area contributed by atoms with Crippen LogP contribution in [-0.2, 0) is 6.18 Å². The molecule has 1 aromatic heterocycles. The molecule has 1 aromatic carbocycles. The Hall–Kier alpha value is -1.11. The van der Waals surface area contributed by atoms with Gasteiger partial charge in [-0.2, -0.15) is 13.2 Å². The van der Waals surface area contributed by atoms with Crippen LogP contribution in [-0.4, -0.2) is 5.11 Å². The van der Waals surface area contributed by atoms with Crippen molar-refractivity contribution in [2.45, 2.75) is 12.3 Å². The maximum atomic E-state index is 13.2. The van der Waals surface area contributed by atoms with Gasteiger partial charge in [0.05, 0.1) is 15.5 Å². The molecule has 0 amide bonds. The summed E-state index contributed by atoms with van der Waals surface area (Å²) in [5.74, 6) is -1.06. The van der Waals surface area contributed by atoms with Gasteiger partial charge in [0.15, 0.2) is 0 Å². The largest absolute Gasteiger partial charge is 0.416 e. The van der Waals surface area contributed by atoms with E-state index >= 15 is 0 Å². The third-order valence-corrected chi connectivity index (χ3v) is 3.87. The van der Waals surface area contributed by atoms with Crippen molar-refractivity contribution in [2.75, 3.05) is 0 Å². The van der Waals surface area contributed by atoms with E-state index in [-0.39, 0.29) is 15.5 Å². The molecule has 0 aliphatic rings. The Morgan fingerprint density at radius 2 is 1.89 bits per heavy atom. The van der Waals surface area contributed by atoms with E-state index in [4.69, 9.17) is 11.6 Å². The number of benzene rings is 1. The van der Waals surface area contributed by atoms with E-state index in [0.29, 0.717) is 12.1 Å². The summed E-state index contributed by atoms with van der Waals surface area (Å²) in [6.07, 6.45) is -6.06. The zero-order valence-electron chi connectivity index (χ0n) is 9.21. The van der Waals surface area contributed by atoms with E-state index < -0.39 is 23.7 Å². The van der Waals surface area contributed by atoms with Gasteiger partial charge < -0.3 is 5.11 Å². The summed E-state index contributed by atoms with van der Waals surface area (Å²) in [4.78, 5) is 0.278. The number of hydrogen-bond acceptors (Lipinski definition) is 2. The minimum atomic E-state index is -4.67. The van der Waals surface area contributed by atoms with Crippen molar-refractivity contribution >= 4 is 22.9 Å². The first-order valence-electron chi connectivity index (χ1n) is 5.07. The zero-order chi connectivity index (χ0) is 14.2. The average molecular weight is 311 g/mol. The van der Waals surface area contributed by atoms with Crippen molar-refractivity contribution in [2.24, 2.45) is 0 Å². The number of aliphatic hydroxyl groups excluding tert-OH is 1. The van der Waals surface area contributed by atoms with Crippen molar-refractivity contribution in [3.8, 4) is 0 Å². The summed E-state index contributed by atoms with van der Waals surface area (Å²) in [6, 6.07) is 3.46. The van der Waals surface area contributed by atoms with Crippen LogP contribution in [0.25, 0.3) is 0 Å². The lowest BCUT2D eigenvalue weighted by Crippen LogP contribution is -2.08. The van der Waals surface area contributed by atoms with Gasteiger partial charge in [0.25, 0.3) is 0 Å². The van der Waals surface area contributed by atoms with Crippen molar-refractivity contribution in [3.63, 3.8) is 0 Å². The number of hydrogen-bond donors (Lipinski definition) is 1. The van der Waals surface area contributed by atoms with Crippen LogP contribution in [0, 0.1) is 5.82 Å². The van der Waals surface area contributed by atoms with Crippen molar-refractivity contribution < 1.29 is 22.7 Å². The molecule has 1 unspecified atom stereocenters. The zero-order valence-corrected chi connectivity index (χ0v) is 10.8. The monoisotopic (exact) mass is 310 g/mol. The third-order valence-electron chi connectivity index (χ3n) is 2.46. The first-order valence-corrected chi connectivity index (χ1v) is 6.33. The SMILES string of the molecule is OC(c1cc(F)cc(C(F)(F)F)c1)c1sccc1Cl. The molecular weight excluding hydrogens is 304 g/mol. The number of alkyl halides is 3. The molecular formula is C12H7ClF4OS. The van der Waals surface area contributed by atoms with Crippen LogP contribution in [0.1, 0.15) is 22.1 Å². The second-order valence-corrected chi connectivity index (χ2v) is 5.16. The Morgan fingerprint density at radius 3 is 2.42 bits per heavy atom. The summed E-state index contributed by atoms with van der Waals surface area (Å²) in [6.45, 7) is 0.